The SMILES string of the molecule is CSCc1ncc(C)o1. The van der Waals surface area contributed by atoms with Crippen molar-refractivity contribution in [1.82, 2.24) is 4.98 Å². The van der Waals surface area contributed by atoms with Gasteiger partial charge < -0.3 is 4.42 Å². The summed E-state index contributed by atoms with van der Waals surface area (Å²) >= 11 is 1.71. The van der Waals surface area contributed by atoms with Gasteiger partial charge in [0, 0.05) is 0 Å². The minimum atomic E-state index is 0.819. The molecule has 9 heavy (non-hydrogen) atoms. The molecule has 0 aliphatic heterocycles. The van der Waals surface area contributed by atoms with Crippen molar-refractivity contribution in [3.8, 4) is 0 Å². The third-order valence-electron chi connectivity index (χ3n) is 0.937. The van der Waals surface area contributed by atoms with Gasteiger partial charge in [-0.15, -0.1) is 0 Å². The van der Waals surface area contributed by atoms with Crippen LogP contribution < -0.4 is 0 Å². The van der Waals surface area contributed by atoms with Crippen molar-refractivity contribution in [2.45, 2.75) is 12.7 Å². The van der Waals surface area contributed by atoms with Crippen LogP contribution in [0.5, 0.6) is 0 Å². The Bertz CT molecular complexity index is 185. The molecular formula is C6H9NOS. The Morgan fingerprint density at radius 1 is 1.78 bits per heavy atom. The maximum absolute atomic E-state index is 5.19. The van der Waals surface area contributed by atoms with E-state index in [0.29, 0.717) is 0 Å². The maximum atomic E-state index is 5.19. The van der Waals surface area contributed by atoms with Crippen LogP contribution in [0.3, 0.4) is 0 Å². The van der Waals surface area contributed by atoms with E-state index >= 15 is 0 Å². The molecule has 0 atom stereocenters. The van der Waals surface area contributed by atoms with Crippen LogP contribution >= 0.6 is 11.8 Å². The van der Waals surface area contributed by atoms with E-state index in [4.69, 9.17) is 4.42 Å². The average Bonchev–Trinajstić information content (AvgIpc) is 2.17. The van der Waals surface area contributed by atoms with E-state index in [-0.39, 0.29) is 0 Å². The van der Waals surface area contributed by atoms with E-state index in [1.807, 2.05) is 13.2 Å². The number of aromatic nitrogens is 1. The van der Waals surface area contributed by atoms with Gasteiger partial charge >= 0.3 is 0 Å². The molecule has 0 aromatic carbocycles. The Hall–Kier alpha value is -0.440. The summed E-state index contributed by atoms with van der Waals surface area (Å²) in [7, 11) is 0. The Morgan fingerprint density at radius 2 is 2.56 bits per heavy atom. The summed E-state index contributed by atoms with van der Waals surface area (Å²) in [5.74, 6) is 2.58. The molecule has 0 fully saturated rings. The van der Waals surface area contributed by atoms with Gasteiger partial charge in [-0.3, -0.25) is 0 Å². The number of thioether (sulfide) groups is 1. The minimum absolute atomic E-state index is 0.819. The Morgan fingerprint density at radius 3 is 3.00 bits per heavy atom. The molecule has 0 saturated carbocycles. The largest absolute Gasteiger partial charge is 0.445 e. The summed E-state index contributed by atoms with van der Waals surface area (Å²) in [6.45, 7) is 1.90. The fourth-order valence-corrected chi connectivity index (χ4v) is 0.972. The van der Waals surface area contributed by atoms with Gasteiger partial charge in [-0.05, 0) is 13.2 Å². The zero-order valence-electron chi connectivity index (χ0n) is 5.55. The number of rotatable bonds is 2. The molecule has 0 saturated heterocycles. The van der Waals surface area contributed by atoms with E-state index in [9.17, 15) is 0 Å². The first kappa shape index (κ1) is 6.68. The molecule has 0 N–H and O–H groups in total. The third kappa shape index (κ3) is 1.75. The second-order valence-corrected chi connectivity index (χ2v) is 2.66. The topological polar surface area (TPSA) is 26.0 Å². The fourth-order valence-electron chi connectivity index (χ4n) is 0.592. The van der Waals surface area contributed by atoms with Crippen LogP contribution in [0.4, 0.5) is 0 Å². The van der Waals surface area contributed by atoms with Gasteiger partial charge in [0.1, 0.15) is 5.76 Å². The van der Waals surface area contributed by atoms with Gasteiger partial charge in [-0.1, -0.05) is 0 Å². The number of hydrogen-bond acceptors (Lipinski definition) is 3. The van der Waals surface area contributed by atoms with Crippen molar-refractivity contribution in [2.24, 2.45) is 0 Å². The molecule has 0 aliphatic rings. The molecule has 0 amide bonds. The Balaban J connectivity index is 2.61. The summed E-state index contributed by atoms with van der Waals surface area (Å²) in [6.07, 6.45) is 3.77. The van der Waals surface area contributed by atoms with Crippen LogP contribution in [-0.4, -0.2) is 11.2 Å². The second kappa shape index (κ2) is 2.92. The van der Waals surface area contributed by atoms with Crippen LogP contribution in [0.25, 0.3) is 0 Å². The average molecular weight is 143 g/mol. The zero-order chi connectivity index (χ0) is 6.69. The quantitative estimate of drug-likeness (QED) is 0.632. The lowest BCUT2D eigenvalue weighted by molar-refractivity contribution is 0.490. The van der Waals surface area contributed by atoms with Crippen LogP contribution in [0.15, 0.2) is 10.6 Å². The van der Waals surface area contributed by atoms with Crippen LogP contribution in [0, 0.1) is 6.92 Å². The molecule has 1 heterocycles. The zero-order valence-corrected chi connectivity index (χ0v) is 6.36. The fraction of sp³-hybridized carbons (Fsp3) is 0.500. The lowest BCUT2D eigenvalue weighted by Gasteiger charge is -1.85. The highest BCUT2D eigenvalue weighted by atomic mass is 32.2. The van der Waals surface area contributed by atoms with Gasteiger partial charge in [0.15, 0.2) is 0 Å². The molecule has 1 aromatic heterocycles. The van der Waals surface area contributed by atoms with Gasteiger partial charge in [0.2, 0.25) is 5.89 Å². The van der Waals surface area contributed by atoms with Gasteiger partial charge in [-0.25, -0.2) is 4.98 Å². The summed E-state index contributed by atoms with van der Waals surface area (Å²) in [5.41, 5.74) is 0. The second-order valence-electron chi connectivity index (χ2n) is 1.80. The molecule has 0 radical (unpaired) electrons. The van der Waals surface area contributed by atoms with E-state index in [1.54, 1.807) is 18.0 Å². The van der Waals surface area contributed by atoms with Crippen molar-refractivity contribution in [1.29, 1.82) is 0 Å². The summed E-state index contributed by atoms with van der Waals surface area (Å²) in [4.78, 5) is 4.02. The van der Waals surface area contributed by atoms with E-state index in [1.165, 1.54) is 0 Å². The number of nitrogens with zero attached hydrogens (tertiary/aromatic N) is 1. The standard InChI is InChI=1S/C6H9NOS/c1-5-3-7-6(8-5)4-9-2/h3H,4H2,1-2H3. The predicted octanol–water partition coefficient (Wildman–Crippen LogP) is 1.85. The smallest absolute Gasteiger partial charge is 0.204 e. The number of hydrogen-bond donors (Lipinski definition) is 0. The van der Waals surface area contributed by atoms with Gasteiger partial charge in [-0.2, -0.15) is 11.8 Å². The highest BCUT2D eigenvalue weighted by Gasteiger charge is 1.96. The summed E-state index contributed by atoms with van der Waals surface area (Å²) in [5, 5.41) is 0. The molecule has 1 aromatic rings. The van der Waals surface area contributed by atoms with E-state index in [2.05, 4.69) is 4.98 Å². The normalized spacial score (nSPS) is 10.0. The van der Waals surface area contributed by atoms with Crippen LogP contribution in [0.1, 0.15) is 11.7 Å². The summed E-state index contributed by atoms with van der Waals surface area (Å²) in [6, 6.07) is 0. The molecule has 0 aliphatic carbocycles. The minimum Gasteiger partial charge on any atom is -0.445 e. The third-order valence-corrected chi connectivity index (χ3v) is 1.47. The molecule has 3 heteroatoms. The molecular weight excluding hydrogens is 134 g/mol. The monoisotopic (exact) mass is 143 g/mol. The first-order chi connectivity index (χ1) is 4.33. The molecule has 50 valence electrons. The first-order valence-electron chi connectivity index (χ1n) is 2.73. The molecule has 2 nitrogen and oxygen atoms in total. The molecule has 0 bridgehead atoms. The van der Waals surface area contributed by atoms with Crippen LogP contribution in [-0.2, 0) is 5.75 Å². The Labute approximate surface area is 58.7 Å². The van der Waals surface area contributed by atoms with Gasteiger partial charge in [0.05, 0.1) is 11.9 Å². The van der Waals surface area contributed by atoms with Crippen molar-refractivity contribution in [3.63, 3.8) is 0 Å². The van der Waals surface area contributed by atoms with Crippen molar-refractivity contribution in [2.75, 3.05) is 6.26 Å². The number of aryl methyl sites for hydroxylation is 1. The van der Waals surface area contributed by atoms with Crippen LogP contribution in [0.2, 0.25) is 0 Å². The van der Waals surface area contributed by atoms with E-state index < -0.39 is 0 Å². The Kier molecular flexibility index (Phi) is 2.16. The molecule has 1 rings (SSSR count). The number of oxazole rings is 1. The van der Waals surface area contributed by atoms with Crippen molar-refractivity contribution in [3.05, 3.63) is 17.8 Å². The highest BCUT2D eigenvalue weighted by molar-refractivity contribution is 7.97. The lowest BCUT2D eigenvalue weighted by Crippen LogP contribution is -1.74. The molecule has 0 unspecified atom stereocenters. The molecule has 0 spiro atoms. The highest BCUT2D eigenvalue weighted by Crippen LogP contribution is 2.07. The maximum Gasteiger partial charge on any atom is 0.204 e. The predicted molar refractivity (Wildman–Crippen MR) is 38.5 cm³/mol. The summed E-state index contributed by atoms with van der Waals surface area (Å²) < 4.78 is 5.19. The lowest BCUT2D eigenvalue weighted by atomic mass is 10.6. The van der Waals surface area contributed by atoms with Gasteiger partial charge in [0.25, 0.3) is 0 Å². The van der Waals surface area contributed by atoms with Crippen molar-refractivity contribution >= 4 is 11.8 Å². The van der Waals surface area contributed by atoms with Crippen molar-refractivity contribution < 1.29 is 4.42 Å². The van der Waals surface area contributed by atoms with E-state index in [0.717, 1.165) is 17.4 Å². The first-order valence-corrected chi connectivity index (χ1v) is 4.12.